The van der Waals surface area contributed by atoms with Crippen molar-refractivity contribution in [3.8, 4) is 5.75 Å². The first-order chi connectivity index (χ1) is 9.43. The number of phosphoric acid groups is 1. The van der Waals surface area contributed by atoms with Crippen molar-refractivity contribution in [1.82, 2.24) is 0 Å². The van der Waals surface area contributed by atoms with Gasteiger partial charge in [-0.05, 0) is 35.3 Å². The molecule has 1 aromatic carbocycles. The average Bonchev–Trinajstić information content (AvgIpc) is 2.37. The van der Waals surface area contributed by atoms with Crippen molar-refractivity contribution >= 4 is 7.82 Å². The summed E-state index contributed by atoms with van der Waals surface area (Å²) in [6, 6.07) is 5.60. The zero-order valence-corrected chi connectivity index (χ0v) is 14.7. The fraction of sp³-hybridized carbons (Fsp3) is 0.625. The van der Waals surface area contributed by atoms with Gasteiger partial charge in [0.1, 0.15) is 5.75 Å². The van der Waals surface area contributed by atoms with E-state index in [1.165, 1.54) is 0 Å². The molecule has 0 fully saturated rings. The molecule has 21 heavy (non-hydrogen) atoms. The quantitative estimate of drug-likeness (QED) is 0.757. The van der Waals surface area contributed by atoms with Gasteiger partial charge in [0.15, 0.2) is 0 Å². The Hall–Kier alpha value is -0.830. The molecule has 0 aliphatic heterocycles. The summed E-state index contributed by atoms with van der Waals surface area (Å²) >= 11 is 0. The SMILES string of the molecule is CCC(C)(C)c1ccc(OP(=O)(O)O)c(C(C)(C)CC)c1. The molecule has 2 N–H and O–H groups in total. The monoisotopic (exact) mass is 314 g/mol. The Morgan fingerprint density at radius 1 is 1.05 bits per heavy atom. The Morgan fingerprint density at radius 2 is 1.57 bits per heavy atom. The first-order valence-electron chi connectivity index (χ1n) is 7.33. The summed E-state index contributed by atoms with van der Waals surface area (Å²) in [5.74, 6) is 0.269. The van der Waals surface area contributed by atoms with E-state index >= 15 is 0 Å². The highest BCUT2D eigenvalue weighted by atomic mass is 31.2. The van der Waals surface area contributed by atoms with Gasteiger partial charge in [0.25, 0.3) is 0 Å². The van der Waals surface area contributed by atoms with E-state index in [2.05, 4.69) is 41.5 Å². The first-order valence-corrected chi connectivity index (χ1v) is 8.86. The number of rotatable bonds is 6. The largest absolute Gasteiger partial charge is 0.524 e. The Bertz CT molecular complexity index is 543. The molecule has 1 aromatic rings. The molecule has 0 aliphatic carbocycles. The van der Waals surface area contributed by atoms with Gasteiger partial charge in [-0.25, -0.2) is 4.57 Å². The molecule has 0 aromatic heterocycles. The molecule has 0 spiro atoms. The Morgan fingerprint density at radius 3 is 2.00 bits per heavy atom. The van der Waals surface area contributed by atoms with Crippen molar-refractivity contribution in [2.24, 2.45) is 0 Å². The number of hydrogen-bond acceptors (Lipinski definition) is 2. The lowest BCUT2D eigenvalue weighted by Crippen LogP contribution is -2.21. The molecule has 0 bridgehead atoms. The van der Waals surface area contributed by atoms with E-state index in [0.717, 1.165) is 24.0 Å². The predicted molar refractivity (Wildman–Crippen MR) is 85.7 cm³/mol. The van der Waals surface area contributed by atoms with E-state index in [1.807, 2.05) is 12.1 Å². The van der Waals surface area contributed by atoms with E-state index in [9.17, 15) is 4.57 Å². The average molecular weight is 314 g/mol. The lowest BCUT2D eigenvalue weighted by atomic mass is 9.76. The second-order valence-corrected chi connectivity index (χ2v) is 7.93. The fourth-order valence-corrected chi connectivity index (χ4v) is 2.50. The minimum absolute atomic E-state index is 0.0131. The molecule has 0 saturated carbocycles. The van der Waals surface area contributed by atoms with Crippen molar-refractivity contribution in [3.63, 3.8) is 0 Å². The van der Waals surface area contributed by atoms with Crippen LogP contribution in [0.15, 0.2) is 18.2 Å². The molecule has 0 saturated heterocycles. The van der Waals surface area contributed by atoms with Gasteiger partial charge in [-0.3, -0.25) is 9.79 Å². The van der Waals surface area contributed by atoms with Crippen molar-refractivity contribution in [2.45, 2.75) is 65.2 Å². The van der Waals surface area contributed by atoms with Crippen molar-refractivity contribution in [3.05, 3.63) is 29.3 Å². The summed E-state index contributed by atoms with van der Waals surface area (Å²) in [5, 5.41) is 0. The smallest absolute Gasteiger partial charge is 0.404 e. The summed E-state index contributed by atoms with van der Waals surface area (Å²) < 4.78 is 16.1. The highest BCUT2D eigenvalue weighted by Crippen LogP contribution is 2.44. The van der Waals surface area contributed by atoms with Crippen LogP contribution in [0.25, 0.3) is 0 Å². The molecular weight excluding hydrogens is 287 g/mol. The number of benzene rings is 1. The topological polar surface area (TPSA) is 66.8 Å². The summed E-state index contributed by atoms with van der Waals surface area (Å²) in [4.78, 5) is 18.2. The van der Waals surface area contributed by atoms with Crippen LogP contribution in [0.4, 0.5) is 0 Å². The van der Waals surface area contributed by atoms with Crippen LogP contribution >= 0.6 is 7.82 Å². The lowest BCUT2D eigenvalue weighted by molar-refractivity contribution is 0.280. The maximum atomic E-state index is 11.2. The maximum absolute atomic E-state index is 11.2. The molecule has 0 atom stereocenters. The molecule has 0 aliphatic rings. The molecule has 0 amide bonds. The van der Waals surface area contributed by atoms with Gasteiger partial charge in [-0.1, -0.05) is 53.7 Å². The van der Waals surface area contributed by atoms with Crippen molar-refractivity contribution in [1.29, 1.82) is 0 Å². The van der Waals surface area contributed by atoms with Gasteiger partial charge in [0, 0.05) is 5.56 Å². The second-order valence-electron chi connectivity index (χ2n) is 6.77. The van der Waals surface area contributed by atoms with E-state index in [-0.39, 0.29) is 16.6 Å². The van der Waals surface area contributed by atoms with Crippen LogP contribution in [-0.4, -0.2) is 9.79 Å². The molecule has 120 valence electrons. The zero-order valence-electron chi connectivity index (χ0n) is 13.8. The van der Waals surface area contributed by atoms with Crippen LogP contribution < -0.4 is 4.52 Å². The van der Waals surface area contributed by atoms with Crippen LogP contribution in [0.1, 0.15) is 65.5 Å². The van der Waals surface area contributed by atoms with E-state index in [1.54, 1.807) is 6.07 Å². The zero-order chi connectivity index (χ0) is 16.5. The van der Waals surface area contributed by atoms with Crippen LogP contribution in [0.5, 0.6) is 5.75 Å². The predicted octanol–water partition coefficient (Wildman–Crippen LogP) is 4.53. The molecule has 0 unspecified atom stereocenters. The van der Waals surface area contributed by atoms with E-state index < -0.39 is 7.82 Å². The Labute approximate surface area is 127 Å². The van der Waals surface area contributed by atoms with Gasteiger partial charge in [0.2, 0.25) is 0 Å². The Kier molecular flexibility index (Phi) is 5.31. The molecule has 0 radical (unpaired) electrons. The third-order valence-corrected chi connectivity index (χ3v) is 4.91. The maximum Gasteiger partial charge on any atom is 0.524 e. The van der Waals surface area contributed by atoms with Gasteiger partial charge in [-0.2, -0.15) is 0 Å². The second kappa shape index (κ2) is 6.12. The van der Waals surface area contributed by atoms with Gasteiger partial charge in [0.05, 0.1) is 0 Å². The highest BCUT2D eigenvalue weighted by molar-refractivity contribution is 7.46. The Balaban J connectivity index is 3.44. The van der Waals surface area contributed by atoms with Gasteiger partial charge < -0.3 is 4.52 Å². The lowest BCUT2D eigenvalue weighted by Gasteiger charge is -2.30. The van der Waals surface area contributed by atoms with E-state index in [4.69, 9.17) is 14.3 Å². The summed E-state index contributed by atoms with van der Waals surface area (Å²) in [5.41, 5.74) is 1.79. The summed E-state index contributed by atoms with van der Waals surface area (Å²) in [6.45, 7) is 12.6. The van der Waals surface area contributed by atoms with Gasteiger partial charge >= 0.3 is 7.82 Å². The molecular formula is C16H27O4P. The van der Waals surface area contributed by atoms with E-state index in [0.29, 0.717) is 0 Å². The molecule has 0 heterocycles. The molecule has 5 heteroatoms. The van der Waals surface area contributed by atoms with Crippen LogP contribution in [-0.2, 0) is 15.4 Å². The van der Waals surface area contributed by atoms with Crippen molar-refractivity contribution in [2.75, 3.05) is 0 Å². The minimum Gasteiger partial charge on any atom is -0.404 e. The van der Waals surface area contributed by atoms with Crippen LogP contribution in [0, 0.1) is 0 Å². The van der Waals surface area contributed by atoms with Crippen LogP contribution in [0.2, 0.25) is 0 Å². The molecule has 1 rings (SSSR count). The summed E-state index contributed by atoms with van der Waals surface area (Å²) in [7, 11) is -4.56. The molecule has 4 nitrogen and oxygen atoms in total. The third-order valence-electron chi connectivity index (χ3n) is 4.48. The number of phosphoric ester groups is 1. The minimum atomic E-state index is -4.56. The first kappa shape index (κ1) is 18.2. The third kappa shape index (κ3) is 4.57. The summed E-state index contributed by atoms with van der Waals surface area (Å²) in [6.07, 6.45) is 1.83. The van der Waals surface area contributed by atoms with Crippen molar-refractivity contribution < 1.29 is 18.9 Å². The normalized spacial score (nSPS) is 13.3. The van der Waals surface area contributed by atoms with Gasteiger partial charge in [-0.15, -0.1) is 0 Å². The standard InChI is InChI=1S/C16H27O4P/c1-7-15(3,4)12-9-10-14(20-21(17,18)19)13(11-12)16(5,6)8-2/h9-11H,7-8H2,1-6H3,(H2,17,18,19). The highest BCUT2D eigenvalue weighted by Gasteiger charge is 2.29. The van der Waals surface area contributed by atoms with Crippen LogP contribution in [0.3, 0.4) is 0 Å². The number of hydrogen-bond donors (Lipinski definition) is 2. The fourth-order valence-electron chi connectivity index (χ4n) is 2.08.